The molecule has 3 aliphatic carbocycles. The van der Waals surface area contributed by atoms with E-state index in [1.807, 2.05) is 0 Å². The molecule has 3 aliphatic rings. The molecule has 4 nitrogen and oxygen atoms in total. The van der Waals surface area contributed by atoms with E-state index < -0.39 is 33.1 Å². The third-order valence-electron chi connectivity index (χ3n) is 9.00. The topological polar surface area (TPSA) is 60.4 Å². The molecule has 0 amide bonds. The van der Waals surface area contributed by atoms with E-state index in [1.165, 1.54) is 18.2 Å². The molecule has 2 saturated carbocycles. The molecular formula is C27H26F6O4S. The summed E-state index contributed by atoms with van der Waals surface area (Å²) in [7, 11) is -4.98. The average molecular weight is 561 g/mol. The minimum Gasteiger partial charge on any atom is -0.294 e. The Bertz CT molecular complexity index is 1350. The first-order valence-corrected chi connectivity index (χ1v) is 13.9. The fraction of sp³-hybridized carbons (Fsp3) is 0.519. The molecule has 0 radical (unpaired) electrons. The van der Waals surface area contributed by atoms with Crippen LogP contribution >= 0.6 is 0 Å². The van der Waals surface area contributed by atoms with Gasteiger partial charge >= 0.3 is 22.7 Å². The van der Waals surface area contributed by atoms with Gasteiger partial charge in [-0.2, -0.15) is 25.8 Å². The predicted molar refractivity (Wildman–Crippen MR) is 125 cm³/mol. The maximum atomic E-state index is 13.4. The van der Waals surface area contributed by atoms with Gasteiger partial charge in [0, 0.05) is 11.5 Å². The molecule has 38 heavy (non-hydrogen) atoms. The molecule has 0 saturated heterocycles. The highest BCUT2D eigenvalue weighted by atomic mass is 32.2. The van der Waals surface area contributed by atoms with Gasteiger partial charge in [-0.05, 0) is 97.1 Å². The Labute approximate surface area is 216 Å². The molecule has 0 N–H and O–H groups in total. The number of rotatable bonds is 4. The number of halogens is 6. The third-order valence-corrected chi connectivity index (χ3v) is 10.2. The average Bonchev–Trinajstić information content (AvgIpc) is 3.18. The van der Waals surface area contributed by atoms with Crippen LogP contribution < -0.4 is 0 Å². The molecule has 2 aromatic rings. The number of aryl methyl sites for hydroxylation is 1. The van der Waals surface area contributed by atoms with E-state index in [-0.39, 0.29) is 40.4 Å². The SMILES string of the molecule is C[C@]12CC[C@@H]3c4ccc(S(=O)(=O)OC(F)(F)F)cc4CC[C@H]3[C@@H]1CC[C@@H]2C(=O)c1ccc(C(F)(F)F)cc1. The highest BCUT2D eigenvalue weighted by Crippen LogP contribution is 2.63. The van der Waals surface area contributed by atoms with Crippen molar-refractivity contribution < 1.29 is 43.7 Å². The lowest BCUT2D eigenvalue weighted by Crippen LogP contribution is -2.44. The maximum absolute atomic E-state index is 13.4. The molecule has 0 spiro atoms. The van der Waals surface area contributed by atoms with Gasteiger partial charge in [-0.1, -0.05) is 25.1 Å². The maximum Gasteiger partial charge on any atom is 0.537 e. The summed E-state index contributed by atoms with van der Waals surface area (Å²) >= 11 is 0. The van der Waals surface area contributed by atoms with Gasteiger partial charge in [0.1, 0.15) is 0 Å². The molecule has 5 atom stereocenters. The highest BCUT2D eigenvalue weighted by Gasteiger charge is 2.56. The zero-order valence-corrected chi connectivity index (χ0v) is 21.2. The van der Waals surface area contributed by atoms with Gasteiger partial charge in [0.2, 0.25) is 0 Å². The molecule has 0 aliphatic heterocycles. The van der Waals surface area contributed by atoms with Crippen LogP contribution in [-0.4, -0.2) is 20.6 Å². The highest BCUT2D eigenvalue weighted by molar-refractivity contribution is 7.86. The van der Waals surface area contributed by atoms with Crippen molar-refractivity contribution in [2.75, 3.05) is 0 Å². The van der Waals surface area contributed by atoms with Crippen molar-refractivity contribution in [3.63, 3.8) is 0 Å². The van der Waals surface area contributed by atoms with Crippen LogP contribution in [0.3, 0.4) is 0 Å². The summed E-state index contributed by atoms with van der Waals surface area (Å²) in [5.74, 6) is 0.0730. The van der Waals surface area contributed by atoms with E-state index in [4.69, 9.17) is 0 Å². The number of Topliss-reactive ketones (excluding diaryl/α,β-unsaturated/α-hetero) is 1. The van der Waals surface area contributed by atoms with Crippen molar-refractivity contribution in [3.05, 3.63) is 64.7 Å². The number of fused-ring (bicyclic) bond motifs is 5. The standard InChI is InChI=1S/C27H26F6O4S/c1-25-13-12-20-19-9-7-18(38(35,36)37-27(31,32)33)14-16(19)4-8-21(20)22(25)10-11-23(25)24(34)15-2-5-17(6-3-15)26(28,29)30/h2-3,5-7,9,14,20-23H,4,8,10-13H2,1H3/t20-,21-,22+,23-,25+/m1/s1. The van der Waals surface area contributed by atoms with Crippen LogP contribution in [0.15, 0.2) is 47.4 Å². The number of hydrogen-bond acceptors (Lipinski definition) is 4. The lowest BCUT2D eigenvalue weighted by atomic mass is 9.53. The molecule has 2 fully saturated rings. The molecule has 5 rings (SSSR count). The molecular weight excluding hydrogens is 534 g/mol. The summed E-state index contributed by atoms with van der Waals surface area (Å²) in [6.45, 7) is 2.09. The van der Waals surface area contributed by atoms with Crippen LogP contribution in [0.4, 0.5) is 26.3 Å². The summed E-state index contributed by atoms with van der Waals surface area (Å²) in [5.41, 5.74) is 0.772. The molecule has 0 bridgehead atoms. The van der Waals surface area contributed by atoms with Crippen LogP contribution in [0.5, 0.6) is 0 Å². The van der Waals surface area contributed by atoms with Crippen LogP contribution in [0.2, 0.25) is 0 Å². The second kappa shape index (κ2) is 9.08. The fourth-order valence-corrected chi connectivity index (χ4v) is 8.21. The van der Waals surface area contributed by atoms with Gasteiger partial charge < -0.3 is 0 Å². The molecule has 0 unspecified atom stereocenters. The predicted octanol–water partition coefficient (Wildman–Crippen LogP) is 7.29. The summed E-state index contributed by atoms with van der Waals surface area (Å²) in [4.78, 5) is 12.9. The molecule has 0 heterocycles. The minimum absolute atomic E-state index is 0.0945. The summed E-state index contributed by atoms with van der Waals surface area (Å²) in [5, 5.41) is 0. The fourth-order valence-electron chi connectivity index (χ4n) is 7.34. The molecule has 206 valence electrons. The second-order valence-electron chi connectivity index (χ2n) is 10.9. The first-order chi connectivity index (χ1) is 17.6. The Morgan fingerprint density at radius 1 is 0.947 bits per heavy atom. The summed E-state index contributed by atoms with van der Waals surface area (Å²) in [6.07, 6.45) is -5.70. The lowest BCUT2D eigenvalue weighted by molar-refractivity contribution is -0.271. The Kier molecular flexibility index (Phi) is 6.49. The Morgan fingerprint density at radius 3 is 2.26 bits per heavy atom. The van der Waals surface area contributed by atoms with Crippen molar-refractivity contribution in [1.82, 2.24) is 0 Å². The Hall–Kier alpha value is -2.40. The number of ketones is 1. The number of benzene rings is 2. The quantitative estimate of drug-likeness (QED) is 0.224. The van der Waals surface area contributed by atoms with E-state index in [0.29, 0.717) is 31.2 Å². The smallest absolute Gasteiger partial charge is 0.294 e. The van der Waals surface area contributed by atoms with Gasteiger partial charge in [-0.3, -0.25) is 4.79 Å². The van der Waals surface area contributed by atoms with Crippen molar-refractivity contribution in [2.24, 2.45) is 23.2 Å². The summed E-state index contributed by atoms with van der Waals surface area (Å²) in [6, 6.07) is 8.38. The number of carbonyl (C=O) groups excluding carboxylic acids is 1. The third kappa shape index (κ3) is 4.76. The van der Waals surface area contributed by atoms with Crippen molar-refractivity contribution >= 4 is 15.9 Å². The first kappa shape index (κ1) is 27.2. The molecule has 0 aromatic heterocycles. The van der Waals surface area contributed by atoms with Gasteiger partial charge in [0.15, 0.2) is 5.78 Å². The van der Waals surface area contributed by atoms with Crippen molar-refractivity contribution in [2.45, 2.75) is 68.8 Å². The zero-order chi connectivity index (χ0) is 27.7. The van der Waals surface area contributed by atoms with Gasteiger partial charge in [0.05, 0.1) is 10.5 Å². The van der Waals surface area contributed by atoms with E-state index >= 15 is 0 Å². The second-order valence-corrected chi connectivity index (χ2v) is 12.4. The monoisotopic (exact) mass is 560 g/mol. The van der Waals surface area contributed by atoms with E-state index in [9.17, 15) is 39.6 Å². The van der Waals surface area contributed by atoms with Gasteiger partial charge in [0.25, 0.3) is 0 Å². The van der Waals surface area contributed by atoms with E-state index in [1.54, 1.807) is 6.07 Å². The Balaban J connectivity index is 1.36. The van der Waals surface area contributed by atoms with E-state index in [0.717, 1.165) is 36.6 Å². The summed E-state index contributed by atoms with van der Waals surface area (Å²) < 4.78 is 104. The van der Waals surface area contributed by atoms with Crippen LogP contribution in [0.25, 0.3) is 0 Å². The molecule has 11 heteroatoms. The number of carbonyl (C=O) groups is 1. The normalized spacial score (nSPS) is 29.3. The largest absolute Gasteiger partial charge is 0.537 e. The van der Waals surface area contributed by atoms with Crippen molar-refractivity contribution in [1.29, 1.82) is 0 Å². The van der Waals surface area contributed by atoms with Crippen LogP contribution in [0.1, 0.15) is 72.0 Å². The van der Waals surface area contributed by atoms with Gasteiger partial charge in [-0.15, -0.1) is 13.2 Å². The van der Waals surface area contributed by atoms with Crippen LogP contribution in [0, 0.1) is 23.2 Å². The number of hydrogen-bond donors (Lipinski definition) is 0. The lowest BCUT2D eigenvalue weighted by Gasteiger charge is -2.50. The minimum atomic E-state index is -5.32. The first-order valence-electron chi connectivity index (χ1n) is 12.5. The van der Waals surface area contributed by atoms with Gasteiger partial charge in [-0.25, -0.2) is 0 Å². The van der Waals surface area contributed by atoms with Crippen molar-refractivity contribution in [3.8, 4) is 0 Å². The van der Waals surface area contributed by atoms with E-state index in [2.05, 4.69) is 11.1 Å². The Morgan fingerprint density at radius 2 is 1.63 bits per heavy atom. The molecule has 2 aromatic carbocycles. The number of alkyl halides is 6. The van der Waals surface area contributed by atoms with Crippen LogP contribution in [-0.2, 0) is 26.9 Å². The zero-order valence-electron chi connectivity index (χ0n) is 20.4.